The van der Waals surface area contributed by atoms with Gasteiger partial charge in [-0.05, 0) is 18.2 Å². The quantitative estimate of drug-likeness (QED) is 0.935. The zero-order valence-electron chi connectivity index (χ0n) is 12.4. The van der Waals surface area contributed by atoms with Crippen LogP contribution in [0.25, 0.3) is 0 Å². The molecule has 0 unspecified atom stereocenters. The molecule has 3 rings (SSSR count). The lowest BCUT2D eigenvalue weighted by molar-refractivity contribution is -0.137. The fraction of sp³-hybridized carbons (Fsp3) is 0.267. The van der Waals surface area contributed by atoms with Gasteiger partial charge in [0.2, 0.25) is 5.91 Å². The molecule has 1 aliphatic heterocycles. The molecule has 126 valence electrons. The number of benzene rings is 1. The van der Waals surface area contributed by atoms with Crippen LogP contribution in [0.3, 0.4) is 0 Å². The number of para-hydroxylation sites is 2. The molecule has 0 aliphatic carbocycles. The maximum absolute atomic E-state index is 12.6. The second-order valence-electron chi connectivity index (χ2n) is 5.29. The summed E-state index contributed by atoms with van der Waals surface area (Å²) in [5, 5.41) is 6.54. The zero-order valence-corrected chi connectivity index (χ0v) is 12.4. The molecule has 0 saturated heterocycles. The van der Waals surface area contributed by atoms with Crippen molar-refractivity contribution in [3.8, 4) is 0 Å². The number of alkyl halides is 3. The van der Waals surface area contributed by atoms with Crippen molar-refractivity contribution < 1.29 is 22.8 Å². The summed E-state index contributed by atoms with van der Waals surface area (Å²) in [6.07, 6.45) is -4.01. The van der Waals surface area contributed by atoms with Crippen molar-refractivity contribution in [3.63, 3.8) is 0 Å². The number of hydrogen-bond donors (Lipinski definition) is 1. The van der Waals surface area contributed by atoms with Crippen LogP contribution >= 0.6 is 0 Å². The minimum Gasteiger partial charge on any atom is -0.323 e. The summed E-state index contributed by atoms with van der Waals surface area (Å²) in [4.78, 5) is 25.6. The average molecular weight is 338 g/mol. The van der Waals surface area contributed by atoms with Gasteiger partial charge in [0.1, 0.15) is 6.54 Å². The van der Waals surface area contributed by atoms with Crippen molar-refractivity contribution in [1.29, 1.82) is 0 Å². The third-order valence-corrected chi connectivity index (χ3v) is 3.50. The molecule has 6 nitrogen and oxygen atoms in total. The largest absolute Gasteiger partial charge is 0.390 e. The molecule has 1 aromatic carbocycles. The molecular formula is C15H13F3N4O2. The van der Waals surface area contributed by atoms with E-state index in [-0.39, 0.29) is 24.7 Å². The zero-order chi connectivity index (χ0) is 17.3. The number of nitrogens with one attached hydrogen (secondary N) is 1. The second kappa shape index (κ2) is 5.99. The minimum atomic E-state index is -4.29. The monoisotopic (exact) mass is 338 g/mol. The molecular weight excluding hydrogens is 325 g/mol. The van der Waals surface area contributed by atoms with E-state index >= 15 is 0 Å². The molecule has 1 aliphatic rings. The van der Waals surface area contributed by atoms with E-state index < -0.39 is 18.5 Å². The molecule has 1 N–H and O–H groups in total. The summed E-state index contributed by atoms with van der Waals surface area (Å²) in [6.45, 7) is -0.543. The van der Waals surface area contributed by atoms with Gasteiger partial charge in [0, 0.05) is 12.7 Å². The van der Waals surface area contributed by atoms with Gasteiger partial charge in [0.25, 0.3) is 5.91 Å². The van der Waals surface area contributed by atoms with Crippen LogP contribution in [0.15, 0.2) is 36.5 Å². The highest BCUT2D eigenvalue weighted by Crippen LogP contribution is 2.29. The van der Waals surface area contributed by atoms with Crippen LogP contribution in [-0.4, -0.2) is 34.3 Å². The lowest BCUT2D eigenvalue weighted by atomic mass is 10.2. The summed E-state index contributed by atoms with van der Waals surface area (Å²) in [5.74, 6) is -0.887. The Kier molecular flexibility index (Phi) is 4.00. The molecule has 2 aromatic rings. The maximum Gasteiger partial charge on any atom is 0.390 e. The van der Waals surface area contributed by atoms with Crippen LogP contribution in [0.5, 0.6) is 0 Å². The summed E-state index contributed by atoms with van der Waals surface area (Å²) in [5.41, 5.74) is 1.01. The predicted molar refractivity (Wildman–Crippen MR) is 79.6 cm³/mol. The van der Waals surface area contributed by atoms with Crippen LogP contribution in [0.1, 0.15) is 16.9 Å². The van der Waals surface area contributed by atoms with Crippen LogP contribution in [-0.2, 0) is 11.3 Å². The van der Waals surface area contributed by atoms with E-state index in [0.717, 1.165) is 4.68 Å². The molecule has 1 aromatic heterocycles. The summed E-state index contributed by atoms with van der Waals surface area (Å²) in [6, 6.07) is 8.12. The van der Waals surface area contributed by atoms with E-state index in [2.05, 4.69) is 10.4 Å². The first-order chi connectivity index (χ1) is 11.3. The fourth-order valence-corrected chi connectivity index (χ4v) is 2.39. The van der Waals surface area contributed by atoms with Gasteiger partial charge in [-0.25, -0.2) is 0 Å². The Morgan fingerprint density at radius 1 is 1.25 bits per heavy atom. The summed E-state index contributed by atoms with van der Waals surface area (Å²) < 4.78 is 37.8. The molecule has 0 atom stereocenters. The Hall–Kier alpha value is -2.84. The number of fused-ring (bicyclic) bond motifs is 1. The highest BCUT2D eigenvalue weighted by atomic mass is 19.4. The van der Waals surface area contributed by atoms with Crippen molar-refractivity contribution in [2.45, 2.75) is 19.1 Å². The standard InChI is InChI=1S/C15H13F3N4O2/c16-15(17,18)6-8-21-7-5-11(20-21)14(24)22-9-13(23)19-10-3-1-2-4-12(10)22/h1-5,7H,6,8-9H2,(H,19,23). The predicted octanol–water partition coefficient (Wildman–Crippen LogP) is 2.43. The van der Waals surface area contributed by atoms with Gasteiger partial charge in [-0.1, -0.05) is 12.1 Å². The second-order valence-corrected chi connectivity index (χ2v) is 5.29. The normalized spacial score (nSPS) is 14.3. The van der Waals surface area contributed by atoms with Gasteiger partial charge in [-0.15, -0.1) is 0 Å². The Morgan fingerprint density at radius 3 is 2.75 bits per heavy atom. The molecule has 0 bridgehead atoms. The van der Waals surface area contributed by atoms with Crippen LogP contribution in [0.4, 0.5) is 24.5 Å². The number of carbonyl (C=O) groups is 2. The fourth-order valence-electron chi connectivity index (χ4n) is 2.39. The number of rotatable bonds is 3. The molecule has 0 saturated carbocycles. The Balaban J connectivity index is 1.80. The lowest BCUT2D eigenvalue weighted by Gasteiger charge is -2.28. The van der Waals surface area contributed by atoms with Crippen LogP contribution in [0, 0.1) is 0 Å². The smallest absolute Gasteiger partial charge is 0.323 e. The van der Waals surface area contributed by atoms with E-state index in [9.17, 15) is 22.8 Å². The number of amides is 2. The van der Waals surface area contributed by atoms with Crippen molar-refractivity contribution in [2.24, 2.45) is 0 Å². The molecule has 24 heavy (non-hydrogen) atoms. The molecule has 0 fully saturated rings. The number of halogens is 3. The first-order valence-corrected chi connectivity index (χ1v) is 7.14. The van der Waals surface area contributed by atoms with Gasteiger partial charge in [-0.2, -0.15) is 18.3 Å². The van der Waals surface area contributed by atoms with E-state index in [4.69, 9.17) is 0 Å². The van der Waals surface area contributed by atoms with Gasteiger partial charge in [0.05, 0.1) is 17.8 Å². The molecule has 9 heteroatoms. The number of anilines is 2. The molecule has 2 heterocycles. The molecule has 2 amide bonds. The van der Waals surface area contributed by atoms with Crippen LogP contribution in [0.2, 0.25) is 0 Å². The summed E-state index contributed by atoms with van der Waals surface area (Å²) in [7, 11) is 0. The van der Waals surface area contributed by atoms with E-state index in [1.165, 1.54) is 17.2 Å². The average Bonchev–Trinajstić information content (AvgIpc) is 3.00. The number of nitrogens with zero attached hydrogens (tertiary/aromatic N) is 3. The van der Waals surface area contributed by atoms with E-state index in [0.29, 0.717) is 11.4 Å². The highest BCUT2D eigenvalue weighted by Gasteiger charge is 2.29. The maximum atomic E-state index is 12.6. The Labute approximate surface area is 134 Å². The number of hydrogen-bond acceptors (Lipinski definition) is 3. The number of aromatic nitrogens is 2. The minimum absolute atomic E-state index is 0.0123. The molecule has 0 radical (unpaired) electrons. The van der Waals surface area contributed by atoms with E-state index in [1.54, 1.807) is 24.3 Å². The SMILES string of the molecule is O=C1CN(C(=O)c2ccn(CCC(F)(F)F)n2)c2ccccc2N1. The molecule has 0 spiro atoms. The van der Waals surface area contributed by atoms with Crippen molar-refractivity contribution in [3.05, 3.63) is 42.2 Å². The summed E-state index contributed by atoms with van der Waals surface area (Å²) >= 11 is 0. The van der Waals surface area contributed by atoms with Crippen molar-refractivity contribution in [2.75, 3.05) is 16.8 Å². The first-order valence-electron chi connectivity index (χ1n) is 7.14. The van der Waals surface area contributed by atoms with Gasteiger partial charge >= 0.3 is 6.18 Å². The number of aryl methyl sites for hydroxylation is 1. The third kappa shape index (κ3) is 3.39. The number of carbonyl (C=O) groups excluding carboxylic acids is 2. The van der Waals surface area contributed by atoms with E-state index in [1.807, 2.05) is 0 Å². The van der Waals surface area contributed by atoms with Gasteiger partial charge in [-0.3, -0.25) is 19.2 Å². The van der Waals surface area contributed by atoms with Crippen LogP contribution < -0.4 is 10.2 Å². The van der Waals surface area contributed by atoms with Gasteiger partial charge < -0.3 is 5.32 Å². The third-order valence-electron chi connectivity index (χ3n) is 3.50. The topological polar surface area (TPSA) is 67.2 Å². The van der Waals surface area contributed by atoms with Gasteiger partial charge in [0.15, 0.2) is 5.69 Å². The van der Waals surface area contributed by atoms with Crippen molar-refractivity contribution >= 4 is 23.2 Å². The Bertz CT molecular complexity index is 785. The van der Waals surface area contributed by atoms with Crippen molar-refractivity contribution in [1.82, 2.24) is 9.78 Å². The Morgan fingerprint density at radius 2 is 2.00 bits per heavy atom. The first kappa shape index (κ1) is 16.0. The highest BCUT2D eigenvalue weighted by molar-refractivity contribution is 6.14. The lowest BCUT2D eigenvalue weighted by Crippen LogP contribution is -2.42.